The second-order valence-electron chi connectivity index (χ2n) is 4.25. The van der Waals surface area contributed by atoms with Crippen LogP contribution in [-0.2, 0) is 4.79 Å². The molecule has 0 fully saturated rings. The van der Waals surface area contributed by atoms with E-state index in [-0.39, 0.29) is 5.69 Å². The molecule has 2 N–H and O–H groups in total. The van der Waals surface area contributed by atoms with E-state index >= 15 is 0 Å². The van der Waals surface area contributed by atoms with Crippen molar-refractivity contribution in [2.45, 2.75) is 13.0 Å². The molecular formula is C14H13FN4O3. The zero-order chi connectivity index (χ0) is 15.9. The van der Waals surface area contributed by atoms with Crippen LogP contribution in [0.5, 0.6) is 5.75 Å². The molecule has 114 valence electrons. The van der Waals surface area contributed by atoms with Crippen LogP contribution < -0.4 is 15.6 Å². The van der Waals surface area contributed by atoms with E-state index in [0.29, 0.717) is 5.75 Å². The largest absolute Gasteiger partial charge is 0.481 e. The van der Waals surface area contributed by atoms with Crippen LogP contribution in [0.2, 0.25) is 0 Å². The Hall–Kier alpha value is -3.03. The van der Waals surface area contributed by atoms with E-state index in [9.17, 15) is 14.0 Å². The molecule has 7 nitrogen and oxygen atoms in total. The first kappa shape index (κ1) is 15.4. The number of halogens is 1. The predicted octanol–water partition coefficient (Wildman–Crippen LogP) is 0.844. The Labute approximate surface area is 125 Å². The second kappa shape index (κ2) is 7.11. The van der Waals surface area contributed by atoms with Crippen molar-refractivity contribution in [3.8, 4) is 5.75 Å². The van der Waals surface area contributed by atoms with Gasteiger partial charge in [0.15, 0.2) is 6.10 Å². The van der Waals surface area contributed by atoms with Crippen LogP contribution in [0.3, 0.4) is 0 Å². The van der Waals surface area contributed by atoms with Crippen molar-refractivity contribution < 1.29 is 18.7 Å². The summed E-state index contributed by atoms with van der Waals surface area (Å²) in [5, 5.41) is 0. The van der Waals surface area contributed by atoms with E-state index in [1.54, 1.807) is 0 Å². The summed E-state index contributed by atoms with van der Waals surface area (Å²) in [7, 11) is 0. The minimum Gasteiger partial charge on any atom is -0.481 e. The van der Waals surface area contributed by atoms with Crippen molar-refractivity contribution in [3.63, 3.8) is 0 Å². The SMILES string of the molecule is CC(Oc1ccc(F)cc1)C(=O)NNC(=O)c1cnccn1. The highest BCUT2D eigenvalue weighted by molar-refractivity contribution is 5.93. The average Bonchev–Trinajstić information content (AvgIpc) is 2.55. The number of nitrogens with zero attached hydrogens (tertiary/aromatic N) is 2. The molecule has 22 heavy (non-hydrogen) atoms. The van der Waals surface area contributed by atoms with Crippen molar-refractivity contribution in [1.29, 1.82) is 0 Å². The number of hydrogen-bond donors (Lipinski definition) is 2. The zero-order valence-electron chi connectivity index (χ0n) is 11.6. The first-order valence-corrected chi connectivity index (χ1v) is 6.34. The molecule has 1 aromatic heterocycles. The van der Waals surface area contributed by atoms with Crippen LogP contribution in [0.1, 0.15) is 17.4 Å². The topological polar surface area (TPSA) is 93.2 Å². The molecule has 2 aromatic rings. The standard InChI is InChI=1S/C14H13FN4O3/c1-9(22-11-4-2-10(15)3-5-11)13(20)18-19-14(21)12-8-16-6-7-17-12/h2-9H,1H3,(H,18,20)(H,19,21). The van der Waals surface area contributed by atoms with Crippen LogP contribution in [0.25, 0.3) is 0 Å². The molecule has 2 rings (SSSR count). The van der Waals surface area contributed by atoms with Crippen LogP contribution >= 0.6 is 0 Å². The normalized spacial score (nSPS) is 11.4. The summed E-state index contributed by atoms with van der Waals surface area (Å²) in [6.45, 7) is 1.49. The summed E-state index contributed by atoms with van der Waals surface area (Å²) in [6.07, 6.45) is 3.16. The summed E-state index contributed by atoms with van der Waals surface area (Å²) in [6, 6.07) is 5.24. The predicted molar refractivity (Wildman–Crippen MR) is 74.1 cm³/mol. The third kappa shape index (κ3) is 4.23. The van der Waals surface area contributed by atoms with Gasteiger partial charge in [0, 0.05) is 12.4 Å². The number of amides is 2. The van der Waals surface area contributed by atoms with Gasteiger partial charge in [0.1, 0.15) is 17.3 Å². The first-order chi connectivity index (χ1) is 10.6. The summed E-state index contributed by atoms with van der Waals surface area (Å²) >= 11 is 0. The van der Waals surface area contributed by atoms with Crippen LogP contribution in [0.4, 0.5) is 4.39 Å². The fourth-order valence-corrected chi connectivity index (χ4v) is 1.47. The highest BCUT2D eigenvalue weighted by Crippen LogP contribution is 2.12. The van der Waals surface area contributed by atoms with Crippen LogP contribution in [-0.4, -0.2) is 27.9 Å². The molecule has 1 atom stereocenters. The fraction of sp³-hybridized carbons (Fsp3) is 0.143. The molecular weight excluding hydrogens is 291 g/mol. The molecule has 1 heterocycles. The van der Waals surface area contributed by atoms with E-state index in [0.717, 1.165) is 0 Å². The quantitative estimate of drug-likeness (QED) is 0.817. The number of hydrogen-bond acceptors (Lipinski definition) is 5. The molecule has 0 aliphatic rings. The Morgan fingerprint density at radius 1 is 1.18 bits per heavy atom. The molecule has 0 aliphatic carbocycles. The number of aromatic nitrogens is 2. The summed E-state index contributed by atoms with van der Waals surface area (Å²) in [5.74, 6) is -1.23. The summed E-state index contributed by atoms with van der Waals surface area (Å²) in [5.41, 5.74) is 4.47. The van der Waals surface area contributed by atoms with Gasteiger partial charge in [-0.1, -0.05) is 0 Å². The molecule has 0 saturated heterocycles. The van der Waals surface area contributed by atoms with Crippen molar-refractivity contribution in [2.24, 2.45) is 0 Å². The van der Waals surface area contributed by atoms with Crippen molar-refractivity contribution in [1.82, 2.24) is 20.8 Å². The van der Waals surface area contributed by atoms with Gasteiger partial charge < -0.3 is 4.74 Å². The molecule has 0 bridgehead atoms. The number of hydrazine groups is 1. The first-order valence-electron chi connectivity index (χ1n) is 6.34. The molecule has 0 aliphatic heterocycles. The monoisotopic (exact) mass is 304 g/mol. The smallest absolute Gasteiger partial charge is 0.289 e. The lowest BCUT2D eigenvalue weighted by molar-refractivity contribution is -0.128. The molecule has 1 unspecified atom stereocenters. The molecule has 1 aromatic carbocycles. The Bertz CT molecular complexity index is 649. The Morgan fingerprint density at radius 2 is 1.91 bits per heavy atom. The molecule has 0 saturated carbocycles. The number of carbonyl (C=O) groups is 2. The van der Waals surface area contributed by atoms with E-state index < -0.39 is 23.7 Å². The molecule has 8 heteroatoms. The van der Waals surface area contributed by atoms with Gasteiger partial charge in [0.25, 0.3) is 11.8 Å². The van der Waals surface area contributed by atoms with Gasteiger partial charge >= 0.3 is 0 Å². The van der Waals surface area contributed by atoms with Gasteiger partial charge in [-0.05, 0) is 31.2 Å². The van der Waals surface area contributed by atoms with Gasteiger partial charge in [0.05, 0.1) is 6.20 Å². The van der Waals surface area contributed by atoms with E-state index in [1.165, 1.54) is 49.8 Å². The zero-order valence-corrected chi connectivity index (χ0v) is 11.6. The van der Waals surface area contributed by atoms with Crippen LogP contribution in [0, 0.1) is 5.82 Å². The number of nitrogens with one attached hydrogen (secondary N) is 2. The fourth-order valence-electron chi connectivity index (χ4n) is 1.47. The lowest BCUT2D eigenvalue weighted by atomic mass is 10.3. The van der Waals surface area contributed by atoms with E-state index in [2.05, 4.69) is 20.8 Å². The maximum Gasteiger partial charge on any atom is 0.289 e. The average molecular weight is 304 g/mol. The van der Waals surface area contributed by atoms with Crippen molar-refractivity contribution in [3.05, 3.63) is 54.4 Å². The van der Waals surface area contributed by atoms with Gasteiger partial charge in [-0.2, -0.15) is 0 Å². The van der Waals surface area contributed by atoms with Crippen LogP contribution in [0.15, 0.2) is 42.9 Å². The van der Waals surface area contributed by atoms with Gasteiger partial charge in [-0.15, -0.1) is 0 Å². The summed E-state index contributed by atoms with van der Waals surface area (Å²) < 4.78 is 18.1. The third-order valence-corrected chi connectivity index (χ3v) is 2.59. The van der Waals surface area contributed by atoms with E-state index in [1.807, 2.05) is 0 Å². The Balaban J connectivity index is 1.84. The minimum atomic E-state index is -0.882. The summed E-state index contributed by atoms with van der Waals surface area (Å²) in [4.78, 5) is 31.0. The lowest BCUT2D eigenvalue weighted by Gasteiger charge is -2.14. The van der Waals surface area contributed by atoms with Crippen molar-refractivity contribution >= 4 is 11.8 Å². The lowest BCUT2D eigenvalue weighted by Crippen LogP contribution is -2.47. The maximum atomic E-state index is 12.8. The number of rotatable bonds is 4. The van der Waals surface area contributed by atoms with Gasteiger partial charge in [-0.3, -0.25) is 25.4 Å². The number of ether oxygens (including phenoxy) is 1. The molecule has 0 spiro atoms. The maximum absolute atomic E-state index is 12.8. The van der Waals surface area contributed by atoms with Gasteiger partial charge in [-0.25, -0.2) is 9.37 Å². The Kier molecular flexibility index (Phi) is 4.97. The number of carbonyl (C=O) groups excluding carboxylic acids is 2. The number of benzene rings is 1. The highest BCUT2D eigenvalue weighted by Gasteiger charge is 2.16. The van der Waals surface area contributed by atoms with E-state index in [4.69, 9.17) is 4.74 Å². The third-order valence-electron chi connectivity index (χ3n) is 2.59. The second-order valence-corrected chi connectivity index (χ2v) is 4.25. The molecule has 0 radical (unpaired) electrons. The highest BCUT2D eigenvalue weighted by atomic mass is 19.1. The van der Waals surface area contributed by atoms with Gasteiger partial charge in [0.2, 0.25) is 0 Å². The minimum absolute atomic E-state index is 0.0647. The van der Waals surface area contributed by atoms with Crippen molar-refractivity contribution in [2.75, 3.05) is 0 Å². The Morgan fingerprint density at radius 3 is 2.55 bits per heavy atom. The molecule has 2 amide bonds.